The van der Waals surface area contributed by atoms with Crippen LogP contribution in [0.3, 0.4) is 0 Å². The molecule has 33 heavy (non-hydrogen) atoms. The fraction of sp³-hybridized carbons (Fsp3) is 0.357. The molecule has 5 heteroatoms. The molecule has 0 aliphatic heterocycles. The molecule has 0 saturated carbocycles. The number of unbranched alkanes of at least 4 members (excludes halogenated alkanes) is 6. The summed E-state index contributed by atoms with van der Waals surface area (Å²) in [5.41, 5.74) is 0. The third kappa shape index (κ3) is 6.49. The Labute approximate surface area is 204 Å². The summed E-state index contributed by atoms with van der Waals surface area (Å²) >= 11 is 4.46. The van der Waals surface area contributed by atoms with Gasteiger partial charge in [-0.05, 0) is 0 Å². The first kappa shape index (κ1) is 26.0. The van der Waals surface area contributed by atoms with E-state index < -0.39 is 17.9 Å². The molecule has 0 saturated heterocycles. The molecule has 0 atom stereocenters. The van der Waals surface area contributed by atoms with Crippen molar-refractivity contribution in [2.24, 2.45) is 0 Å². The van der Waals surface area contributed by atoms with E-state index in [0.29, 0.717) is 6.42 Å². The van der Waals surface area contributed by atoms with Gasteiger partial charge in [0, 0.05) is 0 Å². The molecule has 178 valence electrons. The Morgan fingerprint density at radius 3 is 1.21 bits per heavy atom. The van der Waals surface area contributed by atoms with Crippen molar-refractivity contribution in [3.8, 4) is 0 Å². The van der Waals surface area contributed by atoms with Gasteiger partial charge in [-0.25, -0.2) is 0 Å². The molecule has 0 nitrogen and oxygen atoms in total. The van der Waals surface area contributed by atoms with E-state index in [1.807, 2.05) is 0 Å². The van der Waals surface area contributed by atoms with E-state index in [4.69, 9.17) is 0 Å². The van der Waals surface area contributed by atoms with Crippen molar-refractivity contribution in [2.45, 2.75) is 57.5 Å². The average molecular weight is 537 g/mol. The second kappa shape index (κ2) is 11.7. The second-order valence-corrected chi connectivity index (χ2v) is 17.8. The average Bonchev–Trinajstić information content (AvgIpc) is 2.84. The van der Waals surface area contributed by atoms with Crippen molar-refractivity contribution in [1.82, 2.24) is 0 Å². The van der Waals surface area contributed by atoms with Crippen molar-refractivity contribution in [1.29, 1.82) is 0 Å². The number of halogens is 4. The Morgan fingerprint density at radius 2 is 0.848 bits per heavy atom. The first-order valence-corrected chi connectivity index (χ1v) is 16.2. The summed E-state index contributed by atoms with van der Waals surface area (Å²) < 4.78 is 36.9. The molecule has 3 aromatic carbocycles. The molecule has 0 spiro atoms. The van der Waals surface area contributed by atoms with Gasteiger partial charge in [0.2, 0.25) is 0 Å². The summed E-state index contributed by atoms with van der Waals surface area (Å²) in [7, 11) is 0. The van der Waals surface area contributed by atoms with Gasteiger partial charge in [0.25, 0.3) is 0 Å². The topological polar surface area (TPSA) is 0 Å². The molecule has 0 unspecified atom stereocenters. The summed E-state index contributed by atoms with van der Waals surface area (Å²) in [6, 6.07) is 32.3. The van der Waals surface area contributed by atoms with Crippen LogP contribution in [0.5, 0.6) is 0 Å². The summed E-state index contributed by atoms with van der Waals surface area (Å²) in [5, 5.41) is 1.13. The molecular weight excluding hydrogens is 504 g/mol. The third-order valence-electron chi connectivity index (χ3n) is 6.42. The fourth-order valence-corrected chi connectivity index (χ4v) is 12.4. The molecule has 0 heterocycles. The van der Waals surface area contributed by atoms with Crippen molar-refractivity contribution in [3.63, 3.8) is 0 Å². The molecular formula is C28H33BrF3P. The molecule has 0 aromatic heterocycles. The van der Waals surface area contributed by atoms with E-state index in [1.165, 1.54) is 15.9 Å². The van der Waals surface area contributed by atoms with Crippen molar-refractivity contribution in [2.75, 3.05) is 6.16 Å². The predicted molar refractivity (Wildman–Crippen MR) is 142 cm³/mol. The molecule has 0 amide bonds. The minimum absolute atomic E-state index is 0.248. The van der Waals surface area contributed by atoms with Crippen LogP contribution in [0.15, 0.2) is 91.0 Å². The molecule has 0 aliphatic carbocycles. The van der Waals surface area contributed by atoms with Gasteiger partial charge in [-0.1, -0.05) is 0 Å². The van der Waals surface area contributed by atoms with Gasteiger partial charge < -0.3 is 0 Å². The maximum absolute atomic E-state index is 12.3. The van der Waals surface area contributed by atoms with Crippen LogP contribution < -0.4 is 15.9 Å². The van der Waals surface area contributed by atoms with E-state index in [2.05, 4.69) is 106 Å². The molecule has 0 radical (unpaired) electrons. The molecule has 0 aliphatic rings. The van der Waals surface area contributed by atoms with Crippen LogP contribution in [0, 0.1) is 0 Å². The Kier molecular flexibility index (Phi) is 9.18. The first-order valence-electron chi connectivity index (χ1n) is 11.8. The molecule has 0 bridgehead atoms. The zero-order valence-electron chi connectivity index (χ0n) is 19.0. The molecule has 0 N–H and O–H groups in total. The zero-order valence-corrected chi connectivity index (χ0v) is 21.5. The monoisotopic (exact) mass is 536 g/mol. The van der Waals surface area contributed by atoms with E-state index in [0.717, 1.165) is 38.3 Å². The van der Waals surface area contributed by atoms with Gasteiger partial charge in [-0.3, -0.25) is 0 Å². The molecule has 3 rings (SSSR count). The molecule has 3 aromatic rings. The Hall–Kier alpha value is -1.64. The van der Waals surface area contributed by atoms with Gasteiger partial charge in [0.1, 0.15) is 0 Å². The van der Waals surface area contributed by atoms with Crippen LogP contribution in [0.25, 0.3) is 0 Å². The summed E-state index contributed by atoms with van der Waals surface area (Å²) in [5.74, 6) is 0. The number of rotatable bonds is 12. The van der Waals surface area contributed by atoms with Crippen LogP contribution in [-0.4, -0.2) is 12.3 Å². The summed E-state index contributed by atoms with van der Waals surface area (Å²) in [4.78, 5) is 0. The van der Waals surface area contributed by atoms with Gasteiger partial charge in [-0.15, -0.1) is 0 Å². The quantitative estimate of drug-likeness (QED) is 0.161. The molecule has 0 fully saturated rings. The van der Waals surface area contributed by atoms with Crippen molar-refractivity contribution >= 4 is 36.7 Å². The Balaban J connectivity index is 1.76. The maximum atomic E-state index is 12.3. The number of alkyl halides is 3. The van der Waals surface area contributed by atoms with Crippen LogP contribution >= 0.6 is 20.8 Å². The number of benzene rings is 3. The fourth-order valence-electron chi connectivity index (χ4n) is 4.67. The van der Waals surface area contributed by atoms with E-state index in [-0.39, 0.29) is 6.42 Å². The van der Waals surface area contributed by atoms with Crippen LogP contribution in [0.1, 0.15) is 51.4 Å². The van der Waals surface area contributed by atoms with Crippen LogP contribution in [0.4, 0.5) is 13.2 Å². The summed E-state index contributed by atoms with van der Waals surface area (Å²) in [6.45, 7) is 0. The van der Waals surface area contributed by atoms with Crippen LogP contribution in [0.2, 0.25) is 0 Å². The Morgan fingerprint density at radius 1 is 0.515 bits per heavy atom. The van der Waals surface area contributed by atoms with Crippen molar-refractivity contribution < 1.29 is 13.2 Å². The third-order valence-corrected chi connectivity index (χ3v) is 16.5. The van der Waals surface area contributed by atoms with Gasteiger partial charge in [-0.2, -0.15) is 0 Å². The number of hydrogen-bond acceptors (Lipinski definition) is 0. The van der Waals surface area contributed by atoms with Gasteiger partial charge in [0.15, 0.2) is 0 Å². The normalized spacial score (nSPS) is 13.4. The van der Waals surface area contributed by atoms with Crippen molar-refractivity contribution in [3.05, 3.63) is 91.0 Å². The summed E-state index contributed by atoms with van der Waals surface area (Å²) in [6.07, 6.45) is 2.32. The SMILES string of the molecule is FC(F)(F)CCCCCCCCCP(Br)(c1ccccc1)(c1ccccc1)c1ccccc1. The van der Waals surface area contributed by atoms with E-state index in [9.17, 15) is 13.2 Å². The number of hydrogen-bond donors (Lipinski definition) is 0. The van der Waals surface area contributed by atoms with Crippen LogP contribution in [-0.2, 0) is 0 Å². The Bertz CT molecular complexity index is 859. The minimum atomic E-state index is -4.02. The first-order chi connectivity index (χ1) is 15.8. The van der Waals surface area contributed by atoms with E-state index in [1.54, 1.807) is 0 Å². The van der Waals surface area contributed by atoms with Gasteiger partial charge >= 0.3 is 205 Å². The standard InChI is InChI=1S/C28H33BrF3P/c29-33(25-17-9-6-10-18-25,26-19-11-7-12-20-26,27-21-13-8-14-22-27)24-16-5-3-1-2-4-15-23-28(30,31)32/h6-14,17-22H,1-5,15-16,23-24H2. The predicted octanol–water partition coefficient (Wildman–Crippen LogP) is 8.51. The van der Waals surface area contributed by atoms with E-state index >= 15 is 0 Å². The second-order valence-electron chi connectivity index (χ2n) is 8.75. The zero-order chi connectivity index (χ0) is 23.6. The van der Waals surface area contributed by atoms with Gasteiger partial charge in [0.05, 0.1) is 0 Å².